The Labute approximate surface area is 99.0 Å². The Morgan fingerprint density at radius 3 is 2.25 bits per heavy atom. The lowest BCUT2D eigenvalue weighted by molar-refractivity contribution is 0.438. The van der Waals surface area contributed by atoms with Crippen LogP contribution in [0.15, 0.2) is 23.3 Å². The molecule has 0 bridgehead atoms. The molecule has 0 aliphatic carbocycles. The Hall–Kier alpha value is -1.31. The zero-order valence-corrected chi connectivity index (χ0v) is 11.0. The lowest BCUT2D eigenvalue weighted by Crippen LogP contribution is -2.08. The highest BCUT2D eigenvalue weighted by Gasteiger charge is 2.03. The van der Waals surface area contributed by atoms with E-state index in [-0.39, 0.29) is 0 Å². The molecule has 88 valence electrons. The zero-order chi connectivity index (χ0) is 12.1. The Bertz CT molecular complexity index is 378. The zero-order valence-electron chi connectivity index (χ0n) is 11.0. The first-order valence-electron chi connectivity index (χ1n) is 5.93. The molecule has 0 N–H and O–H groups in total. The highest BCUT2D eigenvalue weighted by Crippen LogP contribution is 2.14. The van der Waals surface area contributed by atoms with E-state index in [2.05, 4.69) is 44.1 Å². The van der Waals surface area contributed by atoms with Crippen LogP contribution in [-0.4, -0.2) is 24.8 Å². The summed E-state index contributed by atoms with van der Waals surface area (Å²) in [6, 6.07) is 6.66. The molecule has 16 heavy (non-hydrogen) atoms. The van der Waals surface area contributed by atoms with Crippen molar-refractivity contribution in [1.82, 2.24) is 5.01 Å². The normalized spacial score (nSPS) is 11.7. The maximum absolute atomic E-state index is 4.43. The maximum atomic E-state index is 4.43. The van der Waals surface area contributed by atoms with Crippen LogP contribution in [0, 0.1) is 0 Å². The highest BCUT2D eigenvalue weighted by atomic mass is 15.4. The predicted octanol–water partition coefficient (Wildman–Crippen LogP) is 3.10. The standard InChI is InChI=1S/C14H22N2/c1-6-12-8-9-14(10-13(12)7-2)11(3)15-16(4)5/h8-10H,6-7H2,1-5H3/b15-11+. The topological polar surface area (TPSA) is 15.6 Å². The van der Waals surface area contributed by atoms with Gasteiger partial charge in [-0.3, -0.25) is 0 Å². The van der Waals surface area contributed by atoms with E-state index >= 15 is 0 Å². The molecule has 0 aliphatic heterocycles. The second kappa shape index (κ2) is 5.69. The van der Waals surface area contributed by atoms with E-state index < -0.39 is 0 Å². The number of hydrazone groups is 1. The van der Waals surface area contributed by atoms with Crippen molar-refractivity contribution in [2.75, 3.05) is 14.1 Å². The van der Waals surface area contributed by atoms with Gasteiger partial charge in [-0.1, -0.05) is 26.0 Å². The quantitative estimate of drug-likeness (QED) is 0.560. The van der Waals surface area contributed by atoms with E-state index in [0.717, 1.165) is 18.6 Å². The van der Waals surface area contributed by atoms with Gasteiger partial charge in [-0.2, -0.15) is 5.10 Å². The monoisotopic (exact) mass is 218 g/mol. The molecule has 0 fully saturated rings. The summed E-state index contributed by atoms with van der Waals surface area (Å²) in [7, 11) is 3.90. The van der Waals surface area contributed by atoms with Gasteiger partial charge in [-0.05, 0) is 42.5 Å². The summed E-state index contributed by atoms with van der Waals surface area (Å²) in [5.74, 6) is 0. The molecule has 1 aromatic rings. The number of hydrogen-bond acceptors (Lipinski definition) is 2. The first kappa shape index (κ1) is 12.8. The lowest BCUT2D eigenvalue weighted by Gasteiger charge is -2.11. The van der Waals surface area contributed by atoms with Gasteiger partial charge in [-0.25, -0.2) is 0 Å². The average Bonchev–Trinajstić information content (AvgIpc) is 2.27. The third-order valence-corrected chi connectivity index (χ3v) is 2.74. The molecule has 0 spiro atoms. The Morgan fingerprint density at radius 2 is 1.75 bits per heavy atom. The van der Waals surface area contributed by atoms with Crippen LogP contribution in [0.1, 0.15) is 37.5 Å². The van der Waals surface area contributed by atoms with Crippen molar-refractivity contribution in [3.8, 4) is 0 Å². The van der Waals surface area contributed by atoms with E-state index in [1.807, 2.05) is 19.1 Å². The second-order valence-corrected chi connectivity index (χ2v) is 4.22. The van der Waals surface area contributed by atoms with Crippen LogP contribution >= 0.6 is 0 Å². The second-order valence-electron chi connectivity index (χ2n) is 4.22. The van der Waals surface area contributed by atoms with E-state index in [9.17, 15) is 0 Å². The minimum atomic E-state index is 1.07. The summed E-state index contributed by atoms with van der Waals surface area (Å²) in [6.45, 7) is 6.46. The van der Waals surface area contributed by atoms with Gasteiger partial charge < -0.3 is 5.01 Å². The summed E-state index contributed by atoms with van der Waals surface area (Å²) in [6.07, 6.45) is 2.19. The molecule has 0 saturated carbocycles. The van der Waals surface area contributed by atoms with Crippen molar-refractivity contribution in [3.05, 3.63) is 34.9 Å². The van der Waals surface area contributed by atoms with Crippen molar-refractivity contribution in [2.24, 2.45) is 5.10 Å². The number of hydrogen-bond donors (Lipinski definition) is 0. The van der Waals surface area contributed by atoms with Crippen molar-refractivity contribution in [2.45, 2.75) is 33.6 Å². The van der Waals surface area contributed by atoms with Gasteiger partial charge in [0.05, 0.1) is 5.71 Å². The van der Waals surface area contributed by atoms with Crippen LogP contribution in [0.3, 0.4) is 0 Å². The van der Waals surface area contributed by atoms with Crippen molar-refractivity contribution in [1.29, 1.82) is 0 Å². The fourth-order valence-electron chi connectivity index (χ4n) is 1.88. The van der Waals surface area contributed by atoms with E-state index in [1.165, 1.54) is 16.7 Å². The molecule has 2 heteroatoms. The Balaban J connectivity index is 3.08. The number of benzene rings is 1. The van der Waals surface area contributed by atoms with E-state index in [4.69, 9.17) is 0 Å². The number of rotatable bonds is 4. The molecule has 0 saturated heterocycles. The van der Waals surface area contributed by atoms with E-state index in [0.29, 0.717) is 0 Å². The lowest BCUT2D eigenvalue weighted by atomic mass is 9.98. The third kappa shape index (κ3) is 3.09. The number of aryl methyl sites for hydroxylation is 2. The molecule has 0 aliphatic rings. The van der Waals surface area contributed by atoms with E-state index in [1.54, 1.807) is 0 Å². The van der Waals surface area contributed by atoms with Crippen LogP contribution in [0.2, 0.25) is 0 Å². The Morgan fingerprint density at radius 1 is 1.12 bits per heavy atom. The number of nitrogens with zero attached hydrogens (tertiary/aromatic N) is 2. The molecule has 0 aromatic heterocycles. The first-order chi connectivity index (χ1) is 7.58. The van der Waals surface area contributed by atoms with Gasteiger partial charge in [0.1, 0.15) is 0 Å². The van der Waals surface area contributed by atoms with Gasteiger partial charge in [0.2, 0.25) is 0 Å². The van der Waals surface area contributed by atoms with Gasteiger partial charge >= 0.3 is 0 Å². The van der Waals surface area contributed by atoms with Crippen molar-refractivity contribution < 1.29 is 0 Å². The van der Waals surface area contributed by atoms with Crippen LogP contribution in [0.5, 0.6) is 0 Å². The summed E-state index contributed by atoms with van der Waals surface area (Å²) in [4.78, 5) is 0. The summed E-state index contributed by atoms with van der Waals surface area (Å²) in [5, 5.41) is 6.27. The average molecular weight is 218 g/mol. The smallest absolute Gasteiger partial charge is 0.0646 e. The molecular formula is C14H22N2. The molecule has 0 amide bonds. The molecule has 0 heterocycles. The molecular weight excluding hydrogens is 196 g/mol. The molecule has 2 nitrogen and oxygen atoms in total. The van der Waals surface area contributed by atoms with Gasteiger partial charge in [0.15, 0.2) is 0 Å². The SMILES string of the molecule is CCc1ccc(/C(C)=N/N(C)C)cc1CC. The minimum absolute atomic E-state index is 1.07. The van der Waals surface area contributed by atoms with Crippen molar-refractivity contribution in [3.63, 3.8) is 0 Å². The summed E-state index contributed by atoms with van der Waals surface area (Å²) >= 11 is 0. The van der Waals surface area contributed by atoms with Gasteiger partial charge in [-0.15, -0.1) is 0 Å². The molecule has 1 rings (SSSR count). The molecule has 0 atom stereocenters. The fourth-order valence-corrected chi connectivity index (χ4v) is 1.88. The van der Waals surface area contributed by atoms with Crippen LogP contribution in [-0.2, 0) is 12.8 Å². The highest BCUT2D eigenvalue weighted by molar-refractivity contribution is 5.98. The van der Waals surface area contributed by atoms with Gasteiger partial charge in [0, 0.05) is 14.1 Å². The van der Waals surface area contributed by atoms with Crippen molar-refractivity contribution >= 4 is 5.71 Å². The third-order valence-electron chi connectivity index (χ3n) is 2.74. The van der Waals surface area contributed by atoms with Crippen LogP contribution < -0.4 is 0 Å². The molecule has 1 aromatic carbocycles. The molecule has 0 radical (unpaired) electrons. The summed E-state index contributed by atoms with van der Waals surface area (Å²) < 4.78 is 0. The maximum Gasteiger partial charge on any atom is 0.0646 e. The fraction of sp³-hybridized carbons (Fsp3) is 0.500. The Kier molecular flexibility index (Phi) is 4.53. The largest absolute Gasteiger partial charge is 0.303 e. The summed E-state index contributed by atoms with van der Waals surface area (Å²) in [5.41, 5.74) is 5.18. The molecule has 0 unspecified atom stereocenters. The predicted molar refractivity (Wildman–Crippen MR) is 71.1 cm³/mol. The first-order valence-corrected chi connectivity index (χ1v) is 5.93. The minimum Gasteiger partial charge on any atom is -0.303 e. The van der Waals surface area contributed by atoms with Crippen LogP contribution in [0.25, 0.3) is 0 Å². The van der Waals surface area contributed by atoms with Crippen LogP contribution in [0.4, 0.5) is 0 Å². The van der Waals surface area contributed by atoms with Gasteiger partial charge in [0.25, 0.3) is 0 Å².